The van der Waals surface area contributed by atoms with Crippen LogP contribution in [0.5, 0.6) is 11.5 Å². The van der Waals surface area contributed by atoms with Gasteiger partial charge in [-0.25, -0.2) is 0 Å². The van der Waals surface area contributed by atoms with E-state index < -0.39 is 75.1 Å². The van der Waals surface area contributed by atoms with Gasteiger partial charge in [-0.05, 0) is 129 Å². The number of aryl methyl sites for hydroxylation is 1. The molecule has 3 aromatic rings. The molecule has 1 N–H and O–H groups in total. The SMILES string of the molecule is C=C(Cl)/C=C/[C@H](CC(=C)C[C@H]1O[C@@H]([C@H](O)[C@@]2(OC)C[C@H](O[Si](C)(C)C(C)(C)C)[C@@H](C)[C@@H](CCCCOS(=O)(=O)c3ccc(C)cc3)O2)[C@H](C)[C@@H](OCc2ccc(OC)cc2)[C@@H]1OCc1ccc(OC)cc1)O[Si](C)(C)C(C)(C)C. The average Bonchev–Trinajstić information content (AvgIpc) is 3.39. The molecule has 442 valence electrons. The van der Waals surface area contributed by atoms with Crippen molar-refractivity contribution in [3.8, 4) is 11.5 Å². The maximum Gasteiger partial charge on any atom is 0.296 e. The van der Waals surface area contributed by atoms with Gasteiger partial charge in [-0.2, -0.15) is 8.42 Å². The van der Waals surface area contributed by atoms with Gasteiger partial charge in [-0.15, -0.1) is 0 Å². The predicted molar refractivity (Wildman–Crippen MR) is 320 cm³/mol. The standard InChI is InChI=1S/C62H95ClO13SSi2/c1-42-22-34-52(35-23-42)77(65,66)72-36-20-19-21-53-45(4)55(76-79(17,18)61(9,10)11)39-62(69-14,74-53)59(64)57-46(5)56(70-40-47-25-30-49(67-12)31-26-47)58(71-41-48-27-32-50(68-13)33-28-48)54(73-57)38-43(2)37-51(29-24-44(3)63)75-78(15,16)60(6,7)8/h22-35,45-46,51,53-59,64H,2-3,19-21,36-41H2,1,4-18H3/b29-24+/t45-,46+,51+,53+,54+,55-,56+,57+,58+,59-,62+/m0/s1. The molecule has 0 bridgehead atoms. The predicted octanol–water partition coefficient (Wildman–Crippen LogP) is 14.0. The van der Waals surface area contributed by atoms with Crippen LogP contribution in [0.4, 0.5) is 0 Å². The summed E-state index contributed by atoms with van der Waals surface area (Å²) in [6.07, 6.45) is 0.831. The quantitative estimate of drug-likeness (QED) is 0.0242. The summed E-state index contributed by atoms with van der Waals surface area (Å²) >= 11 is 6.31. The van der Waals surface area contributed by atoms with E-state index in [0.717, 1.165) is 33.8 Å². The summed E-state index contributed by atoms with van der Waals surface area (Å²) in [6, 6.07) is 22.1. The van der Waals surface area contributed by atoms with Crippen LogP contribution < -0.4 is 9.47 Å². The lowest BCUT2D eigenvalue weighted by Gasteiger charge is -2.54. The fourth-order valence-electron chi connectivity index (χ4n) is 9.70. The third-order valence-corrected chi connectivity index (χ3v) is 27.2. The van der Waals surface area contributed by atoms with E-state index in [0.29, 0.717) is 37.1 Å². The number of rotatable bonds is 28. The third-order valence-electron chi connectivity index (χ3n) is 16.8. The Hall–Kier alpha value is -3.21. The number of halogens is 1. The molecule has 13 nitrogen and oxygen atoms in total. The number of allylic oxidation sites excluding steroid dienone is 2. The normalized spacial score (nSPS) is 25.2. The Labute approximate surface area is 482 Å². The van der Waals surface area contributed by atoms with Gasteiger partial charge in [-0.3, -0.25) is 4.18 Å². The Kier molecular flexibility index (Phi) is 23.9. The molecule has 2 heterocycles. The molecule has 17 heteroatoms. The van der Waals surface area contributed by atoms with Crippen molar-refractivity contribution in [1.82, 2.24) is 0 Å². The van der Waals surface area contributed by atoms with Gasteiger partial charge in [0.25, 0.3) is 10.1 Å². The number of unbranched alkanes of at least 4 members (excludes halogenated alkanes) is 1. The van der Waals surface area contributed by atoms with E-state index in [-0.39, 0.29) is 59.3 Å². The highest BCUT2D eigenvalue weighted by atomic mass is 35.5. The van der Waals surface area contributed by atoms with Gasteiger partial charge in [-0.1, -0.05) is 134 Å². The van der Waals surface area contributed by atoms with Crippen LogP contribution >= 0.6 is 11.6 Å². The van der Waals surface area contributed by atoms with Crippen LogP contribution in [0.15, 0.2) is 114 Å². The van der Waals surface area contributed by atoms with Crippen molar-refractivity contribution in [2.24, 2.45) is 11.8 Å². The largest absolute Gasteiger partial charge is 0.497 e. The number of aliphatic hydroxyl groups is 1. The Morgan fingerprint density at radius 1 is 0.797 bits per heavy atom. The topological polar surface area (TPSA) is 147 Å². The van der Waals surface area contributed by atoms with Crippen molar-refractivity contribution < 1.29 is 59.7 Å². The molecule has 0 radical (unpaired) electrons. The fourth-order valence-corrected chi connectivity index (χ4v) is 13.4. The Bertz CT molecular complexity index is 2540. The molecule has 2 fully saturated rings. The molecule has 0 saturated carbocycles. The lowest BCUT2D eigenvalue weighted by molar-refractivity contribution is -0.360. The summed E-state index contributed by atoms with van der Waals surface area (Å²) in [5.74, 6) is -0.760. The Morgan fingerprint density at radius 3 is 1.85 bits per heavy atom. The first-order valence-corrected chi connectivity index (χ1v) is 35.5. The van der Waals surface area contributed by atoms with Gasteiger partial charge in [0.2, 0.25) is 0 Å². The zero-order valence-electron chi connectivity index (χ0n) is 50.3. The molecule has 0 amide bonds. The van der Waals surface area contributed by atoms with Crippen molar-refractivity contribution in [1.29, 1.82) is 0 Å². The average molecular weight is 1170 g/mol. The maximum absolute atomic E-state index is 13.4. The highest BCUT2D eigenvalue weighted by molar-refractivity contribution is 7.86. The van der Waals surface area contributed by atoms with Gasteiger partial charge in [0, 0.05) is 30.4 Å². The van der Waals surface area contributed by atoms with E-state index >= 15 is 0 Å². The Balaban J connectivity index is 1.54. The van der Waals surface area contributed by atoms with Crippen LogP contribution in [0.1, 0.15) is 111 Å². The first-order valence-electron chi connectivity index (χ1n) is 27.9. The van der Waals surface area contributed by atoms with Crippen LogP contribution in [-0.4, -0.2) is 113 Å². The second kappa shape index (κ2) is 28.4. The molecule has 5 rings (SSSR count). The van der Waals surface area contributed by atoms with Crippen LogP contribution in [0.3, 0.4) is 0 Å². The monoisotopic (exact) mass is 1170 g/mol. The summed E-state index contributed by atoms with van der Waals surface area (Å²) in [5, 5.41) is 13.6. The maximum atomic E-state index is 13.4. The van der Waals surface area contributed by atoms with Gasteiger partial charge in [0.1, 0.15) is 23.7 Å². The minimum absolute atomic E-state index is 0.000425. The van der Waals surface area contributed by atoms with E-state index in [1.165, 1.54) is 0 Å². The van der Waals surface area contributed by atoms with Gasteiger partial charge < -0.3 is 47.1 Å². The van der Waals surface area contributed by atoms with E-state index in [2.05, 4.69) is 87.8 Å². The van der Waals surface area contributed by atoms with Crippen LogP contribution in [0, 0.1) is 18.8 Å². The molecular formula is C62H95ClO13SSi2. The first-order chi connectivity index (χ1) is 36.9. The molecule has 0 spiro atoms. The molecule has 79 heavy (non-hydrogen) atoms. The van der Waals surface area contributed by atoms with E-state index in [1.807, 2.05) is 68.5 Å². The second-order valence-corrected chi connectivity index (χ2v) is 36.4. The van der Waals surface area contributed by atoms with Crippen LogP contribution in [0.25, 0.3) is 0 Å². The summed E-state index contributed by atoms with van der Waals surface area (Å²) in [4.78, 5) is 0.118. The van der Waals surface area contributed by atoms with Crippen molar-refractivity contribution >= 4 is 38.4 Å². The fraction of sp³-hybridized carbons (Fsp3) is 0.613. The molecule has 2 saturated heterocycles. The number of hydrogen-bond donors (Lipinski definition) is 1. The molecule has 11 atom stereocenters. The highest BCUT2D eigenvalue weighted by Gasteiger charge is 2.58. The minimum Gasteiger partial charge on any atom is -0.497 e. The Morgan fingerprint density at radius 2 is 1.34 bits per heavy atom. The molecule has 0 aromatic heterocycles. The molecule has 2 aliphatic heterocycles. The zero-order chi connectivity index (χ0) is 58.7. The second-order valence-electron chi connectivity index (χ2n) is 24.8. The zero-order valence-corrected chi connectivity index (χ0v) is 53.8. The molecule has 3 aromatic carbocycles. The number of ether oxygens (including phenoxy) is 7. The molecule has 0 aliphatic carbocycles. The van der Waals surface area contributed by atoms with Crippen molar-refractivity contribution in [3.05, 3.63) is 125 Å². The van der Waals surface area contributed by atoms with Crippen molar-refractivity contribution in [3.63, 3.8) is 0 Å². The third kappa shape index (κ3) is 18.1. The number of aliphatic hydroxyl groups excluding tert-OH is 1. The lowest BCUT2D eigenvalue weighted by Crippen LogP contribution is -2.67. The number of methoxy groups -OCH3 is 3. The molecule has 0 unspecified atom stereocenters. The van der Waals surface area contributed by atoms with Crippen molar-refractivity contribution in [2.75, 3.05) is 27.9 Å². The lowest BCUT2D eigenvalue weighted by atomic mass is 9.78. The summed E-state index contributed by atoms with van der Waals surface area (Å²) in [6.45, 7) is 37.2. The van der Waals surface area contributed by atoms with E-state index in [1.54, 1.807) is 51.7 Å². The first kappa shape index (κ1) is 66.6. The van der Waals surface area contributed by atoms with E-state index in [9.17, 15) is 13.5 Å². The van der Waals surface area contributed by atoms with Gasteiger partial charge >= 0.3 is 0 Å². The smallest absolute Gasteiger partial charge is 0.296 e. The summed E-state index contributed by atoms with van der Waals surface area (Å²) < 4.78 is 92.1. The number of benzene rings is 3. The highest BCUT2D eigenvalue weighted by Crippen LogP contribution is 2.47. The molecule has 2 aliphatic rings. The summed E-state index contributed by atoms with van der Waals surface area (Å²) in [5.41, 5.74) is 3.65. The molecular weight excluding hydrogens is 1080 g/mol. The van der Waals surface area contributed by atoms with Gasteiger partial charge in [0.05, 0.1) is 75.6 Å². The summed E-state index contributed by atoms with van der Waals surface area (Å²) in [7, 11) is -3.81. The van der Waals surface area contributed by atoms with Crippen molar-refractivity contribution in [2.45, 2.75) is 210 Å². The van der Waals surface area contributed by atoms with Crippen LogP contribution in [-0.2, 0) is 60.1 Å². The number of hydrogen-bond acceptors (Lipinski definition) is 13. The van der Waals surface area contributed by atoms with Crippen LogP contribution in [0.2, 0.25) is 36.3 Å². The minimum atomic E-state index is -3.94. The van der Waals surface area contributed by atoms with E-state index in [4.69, 9.17) is 57.8 Å². The van der Waals surface area contributed by atoms with Gasteiger partial charge in [0.15, 0.2) is 22.4 Å².